The number of unbranched alkanes of at least 4 members (excludes halogenated alkanes) is 1. The summed E-state index contributed by atoms with van der Waals surface area (Å²) in [7, 11) is 1.68. The third kappa shape index (κ3) is 3.45. The second kappa shape index (κ2) is 7.88. The number of rotatable bonds is 7. The molecule has 0 radical (unpaired) electrons. The third-order valence-corrected chi connectivity index (χ3v) is 5.54. The van der Waals surface area contributed by atoms with E-state index in [1.54, 1.807) is 18.9 Å². The minimum absolute atomic E-state index is 0.834. The molecule has 0 saturated heterocycles. The van der Waals surface area contributed by atoms with Gasteiger partial charge in [-0.2, -0.15) is 0 Å². The van der Waals surface area contributed by atoms with E-state index in [0.717, 1.165) is 51.1 Å². The number of fused-ring (bicyclic) bond motifs is 1. The number of methoxy groups -OCH3 is 1. The zero-order valence-corrected chi connectivity index (χ0v) is 16.3. The van der Waals surface area contributed by atoms with Crippen LogP contribution in [0.15, 0.2) is 59.9 Å². The molecule has 1 N–H and O–H groups in total. The summed E-state index contributed by atoms with van der Waals surface area (Å²) in [6.45, 7) is 2.20. The lowest BCUT2D eigenvalue weighted by Gasteiger charge is -2.10. The Hall–Kier alpha value is -2.73. The number of thioether (sulfide) groups is 1. The minimum Gasteiger partial charge on any atom is -0.497 e. The van der Waals surface area contributed by atoms with Crippen molar-refractivity contribution in [2.75, 3.05) is 12.9 Å². The molecular weight excluding hydrogens is 356 g/mol. The van der Waals surface area contributed by atoms with Gasteiger partial charge in [0.1, 0.15) is 5.75 Å². The largest absolute Gasteiger partial charge is 0.497 e. The van der Waals surface area contributed by atoms with Crippen molar-refractivity contribution in [3.8, 4) is 22.8 Å². The van der Waals surface area contributed by atoms with E-state index in [9.17, 15) is 0 Å². The molecular formula is C21H22N4OS. The van der Waals surface area contributed by atoms with Crippen LogP contribution in [-0.2, 0) is 0 Å². The fraction of sp³-hybridized carbons (Fsp3) is 0.238. The van der Waals surface area contributed by atoms with Crippen molar-refractivity contribution in [3.63, 3.8) is 0 Å². The van der Waals surface area contributed by atoms with Crippen LogP contribution in [0.1, 0.15) is 19.8 Å². The van der Waals surface area contributed by atoms with E-state index in [-0.39, 0.29) is 0 Å². The molecule has 0 amide bonds. The number of H-pyrrole nitrogens is 1. The molecule has 6 heteroatoms. The summed E-state index contributed by atoms with van der Waals surface area (Å²) in [6, 6.07) is 16.3. The van der Waals surface area contributed by atoms with E-state index in [1.807, 2.05) is 42.6 Å². The van der Waals surface area contributed by atoms with E-state index in [0.29, 0.717) is 0 Å². The normalized spacial score (nSPS) is 11.2. The summed E-state index contributed by atoms with van der Waals surface area (Å²) in [6.07, 6.45) is 4.33. The van der Waals surface area contributed by atoms with Crippen LogP contribution in [0, 0.1) is 0 Å². The molecule has 4 rings (SSSR count). The monoisotopic (exact) mass is 378 g/mol. The van der Waals surface area contributed by atoms with Gasteiger partial charge in [-0.15, -0.1) is 10.2 Å². The molecule has 2 aromatic heterocycles. The van der Waals surface area contributed by atoms with Crippen molar-refractivity contribution >= 4 is 22.7 Å². The van der Waals surface area contributed by atoms with Crippen LogP contribution < -0.4 is 4.74 Å². The first-order valence-electron chi connectivity index (χ1n) is 9.11. The molecule has 2 aromatic carbocycles. The Kier molecular flexibility index (Phi) is 5.16. The second-order valence-corrected chi connectivity index (χ2v) is 7.35. The van der Waals surface area contributed by atoms with E-state index >= 15 is 0 Å². The molecule has 0 atom stereocenters. The lowest BCUT2D eigenvalue weighted by atomic mass is 10.1. The van der Waals surface area contributed by atoms with Crippen molar-refractivity contribution < 1.29 is 4.74 Å². The zero-order chi connectivity index (χ0) is 18.6. The maximum absolute atomic E-state index is 5.31. The molecule has 0 saturated carbocycles. The predicted octanol–water partition coefficient (Wildman–Crippen LogP) is 5.32. The molecule has 5 nitrogen and oxygen atoms in total. The number of nitrogens with one attached hydrogen (secondary N) is 1. The van der Waals surface area contributed by atoms with Gasteiger partial charge >= 0.3 is 0 Å². The Labute approximate surface area is 162 Å². The van der Waals surface area contributed by atoms with E-state index in [4.69, 9.17) is 4.74 Å². The molecule has 0 fully saturated rings. The highest BCUT2D eigenvalue weighted by Gasteiger charge is 2.18. The number of hydrogen-bond donors (Lipinski definition) is 1. The van der Waals surface area contributed by atoms with Gasteiger partial charge in [0, 0.05) is 34.1 Å². The van der Waals surface area contributed by atoms with Crippen molar-refractivity contribution in [2.24, 2.45) is 0 Å². The first-order valence-corrected chi connectivity index (χ1v) is 10.1. The van der Waals surface area contributed by atoms with E-state index in [1.165, 1.54) is 6.42 Å². The van der Waals surface area contributed by atoms with Crippen LogP contribution in [0.2, 0.25) is 0 Å². The number of aromatic nitrogens is 4. The van der Waals surface area contributed by atoms with Gasteiger partial charge in [0.15, 0.2) is 11.0 Å². The zero-order valence-electron chi connectivity index (χ0n) is 15.5. The first-order chi connectivity index (χ1) is 13.3. The van der Waals surface area contributed by atoms with E-state index < -0.39 is 0 Å². The SMILES string of the molecule is CCCCSc1nnc(-c2c[nH]c3ccccc23)n1-c1ccc(OC)cc1. The smallest absolute Gasteiger partial charge is 0.196 e. The van der Waals surface area contributed by atoms with Crippen molar-refractivity contribution in [1.29, 1.82) is 0 Å². The number of nitrogens with zero attached hydrogens (tertiary/aromatic N) is 3. The average Bonchev–Trinajstić information content (AvgIpc) is 3.32. The summed E-state index contributed by atoms with van der Waals surface area (Å²) in [5.74, 6) is 2.70. The van der Waals surface area contributed by atoms with Crippen LogP contribution in [-0.4, -0.2) is 32.6 Å². The van der Waals surface area contributed by atoms with Crippen LogP contribution >= 0.6 is 11.8 Å². The summed E-state index contributed by atoms with van der Waals surface area (Å²) >= 11 is 1.75. The quantitative estimate of drug-likeness (QED) is 0.349. The Morgan fingerprint density at radius 3 is 2.67 bits per heavy atom. The molecule has 4 aromatic rings. The Morgan fingerprint density at radius 1 is 1.07 bits per heavy atom. The number of ether oxygens (including phenoxy) is 1. The van der Waals surface area contributed by atoms with Gasteiger partial charge in [-0.25, -0.2) is 0 Å². The number of hydrogen-bond acceptors (Lipinski definition) is 4. The average molecular weight is 379 g/mol. The van der Waals surface area contributed by atoms with Gasteiger partial charge in [-0.1, -0.05) is 43.3 Å². The molecule has 0 bridgehead atoms. The molecule has 0 aliphatic rings. The highest BCUT2D eigenvalue weighted by atomic mass is 32.2. The highest BCUT2D eigenvalue weighted by molar-refractivity contribution is 7.99. The van der Waals surface area contributed by atoms with Crippen molar-refractivity contribution in [2.45, 2.75) is 24.9 Å². The fourth-order valence-corrected chi connectivity index (χ4v) is 4.10. The van der Waals surface area contributed by atoms with Crippen LogP contribution in [0.3, 0.4) is 0 Å². The van der Waals surface area contributed by atoms with Crippen molar-refractivity contribution in [1.82, 2.24) is 19.7 Å². The van der Waals surface area contributed by atoms with Gasteiger partial charge in [0.25, 0.3) is 0 Å². The first kappa shape index (κ1) is 17.7. The topological polar surface area (TPSA) is 55.7 Å². The third-order valence-electron chi connectivity index (χ3n) is 4.52. The van der Waals surface area contributed by atoms with Gasteiger partial charge in [0.05, 0.1) is 7.11 Å². The maximum atomic E-state index is 5.31. The van der Waals surface area contributed by atoms with Crippen LogP contribution in [0.5, 0.6) is 5.75 Å². The number of para-hydroxylation sites is 1. The number of benzene rings is 2. The lowest BCUT2D eigenvalue weighted by molar-refractivity contribution is 0.414. The van der Waals surface area contributed by atoms with E-state index in [2.05, 4.69) is 38.8 Å². The summed E-state index contributed by atoms with van der Waals surface area (Å²) in [5, 5.41) is 11.1. The Bertz CT molecular complexity index is 1040. The molecule has 0 aliphatic heterocycles. The lowest BCUT2D eigenvalue weighted by Crippen LogP contribution is -2.00. The molecule has 0 spiro atoms. The summed E-state index contributed by atoms with van der Waals surface area (Å²) in [4.78, 5) is 3.34. The van der Waals surface area contributed by atoms with Gasteiger partial charge in [-0.3, -0.25) is 4.57 Å². The standard InChI is InChI=1S/C21H22N4OS/c1-3-4-13-27-21-24-23-20(18-14-22-19-8-6-5-7-17(18)19)25(21)15-9-11-16(26-2)12-10-15/h5-12,14,22H,3-4,13H2,1-2H3. The highest BCUT2D eigenvalue weighted by Crippen LogP contribution is 2.33. The molecule has 2 heterocycles. The summed E-state index contributed by atoms with van der Waals surface area (Å²) in [5.41, 5.74) is 3.17. The van der Waals surface area contributed by atoms with Crippen molar-refractivity contribution in [3.05, 3.63) is 54.7 Å². The Balaban J connectivity index is 1.83. The van der Waals surface area contributed by atoms with Gasteiger partial charge in [0.2, 0.25) is 0 Å². The molecule has 0 unspecified atom stereocenters. The Morgan fingerprint density at radius 2 is 1.89 bits per heavy atom. The van der Waals surface area contributed by atoms with Crippen LogP contribution in [0.4, 0.5) is 0 Å². The number of aromatic amines is 1. The fourth-order valence-electron chi connectivity index (χ4n) is 3.07. The summed E-state index contributed by atoms with van der Waals surface area (Å²) < 4.78 is 7.44. The molecule has 0 aliphatic carbocycles. The molecule has 138 valence electrons. The second-order valence-electron chi connectivity index (χ2n) is 6.29. The van der Waals surface area contributed by atoms with Crippen LogP contribution in [0.25, 0.3) is 28.0 Å². The predicted molar refractivity (Wildman–Crippen MR) is 111 cm³/mol. The van der Waals surface area contributed by atoms with Gasteiger partial charge in [-0.05, 0) is 36.8 Å². The molecule has 27 heavy (non-hydrogen) atoms. The maximum Gasteiger partial charge on any atom is 0.196 e. The van der Waals surface area contributed by atoms with Gasteiger partial charge < -0.3 is 9.72 Å². The minimum atomic E-state index is 0.834.